The third-order valence-corrected chi connectivity index (χ3v) is 4.46. The van der Waals surface area contributed by atoms with Crippen molar-refractivity contribution in [2.24, 2.45) is 5.73 Å². The van der Waals surface area contributed by atoms with Crippen LogP contribution in [0, 0.1) is 32.1 Å². The smallest absolute Gasteiger partial charge is 0.137 e. The van der Waals surface area contributed by atoms with Crippen molar-refractivity contribution in [3.8, 4) is 17.2 Å². The Morgan fingerprint density at radius 3 is 2.64 bits per heavy atom. The van der Waals surface area contributed by atoms with Crippen LogP contribution in [0.15, 0.2) is 12.1 Å². The van der Waals surface area contributed by atoms with E-state index in [4.69, 9.17) is 17.3 Å². The summed E-state index contributed by atoms with van der Waals surface area (Å²) in [4.78, 5) is 3.12. The van der Waals surface area contributed by atoms with E-state index in [-0.39, 0.29) is 0 Å². The van der Waals surface area contributed by atoms with Gasteiger partial charge in [-0.15, -0.1) is 0 Å². The van der Waals surface area contributed by atoms with Gasteiger partial charge in [-0.25, -0.2) is 0 Å². The molecule has 0 spiro atoms. The number of nitrogens with zero attached hydrogens (tertiary/aromatic N) is 1. The third kappa shape index (κ3) is 3.02. The van der Waals surface area contributed by atoms with E-state index in [0.717, 1.165) is 16.8 Å². The average Bonchev–Trinajstić information content (AvgIpc) is 2.82. The molecule has 0 saturated carbocycles. The summed E-state index contributed by atoms with van der Waals surface area (Å²) in [7, 11) is 0. The van der Waals surface area contributed by atoms with Gasteiger partial charge >= 0.3 is 0 Å². The fourth-order valence-electron chi connectivity index (χ4n) is 2.56. The molecule has 0 unspecified atom stereocenters. The van der Waals surface area contributed by atoms with Crippen LogP contribution in [0.2, 0.25) is 5.02 Å². The molecule has 2 aromatic rings. The van der Waals surface area contributed by atoms with Gasteiger partial charge in [0.1, 0.15) is 11.8 Å². The fraction of sp³-hybridized carbons (Fsp3) is 0.353. The number of H-pyrrole nitrogens is 1. The topological polar surface area (TPSA) is 77.6 Å². The minimum absolute atomic E-state index is 0.402. The lowest BCUT2D eigenvalue weighted by Gasteiger charge is -2.13. The number of aromatic nitrogens is 1. The summed E-state index contributed by atoms with van der Waals surface area (Å²) in [6.45, 7) is 8.16. The Kier molecular flexibility index (Phi) is 5.25. The van der Waals surface area contributed by atoms with Crippen molar-refractivity contribution in [3.05, 3.63) is 45.2 Å². The Balaban J connectivity index is 2.56. The molecule has 4 nitrogen and oxygen atoms in total. The van der Waals surface area contributed by atoms with Gasteiger partial charge in [-0.1, -0.05) is 23.7 Å². The van der Waals surface area contributed by atoms with Gasteiger partial charge in [0.15, 0.2) is 0 Å². The molecule has 4 N–H and O–H groups in total. The number of aromatic amines is 1. The van der Waals surface area contributed by atoms with Crippen molar-refractivity contribution >= 4 is 11.6 Å². The number of benzene rings is 1. The molecule has 0 amide bonds. The molecule has 0 aliphatic carbocycles. The maximum atomic E-state index is 9.24. The summed E-state index contributed by atoms with van der Waals surface area (Å²) in [5.41, 5.74) is 12.5. The van der Waals surface area contributed by atoms with Crippen molar-refractivity contribution in [3.63, 3.8) is 0 Å². The molecule has 0 atom stereocenters. The Bertz CT molecular complexity index is 725. The van der Waals surface area contributed by atoms with Crippen LogP contribution in [0.3, 0.4) is 0 Å². The lowest BCUT2D eigenvalue weighted by atomic mass is 9.94. The summed E-state index contributed by atoms with van der Waals surface area (Å²) >= 11 is 6.43. The number of nitriles is 1. The lowest BCUT2D eigenvalue weighted by molar-refractivity contribution is 0.685. The van der Waals surface area contributed by atoms with Crippen molar-refractivity contribution in [2.45, 2.75) is 27.3 Å². The van der Waals surface area contributed by atoms with E-state index in [1.165, 1.54) is 16.7 Å². The molecule has 2 rings (SSSR count). The molecule has 22 heavy (non-hydrogen) atoms. The second kappa shape index (κ2) is 6.97. The normalized spacial score (nSPS) is 10.7. The van der Waals surface area contributed by atoms with Gasteiger partial charge in [0, 0.05) is 30.9 Å². The summed E-state index contributed by atoms with van der Waals surface area (Å²) in [6.07, 6.45) is 0. The molecule has 0 bridgehead atoms. The van der Waals surface area contributed by atoms with E-state index in [9.17, 15) is 5.26 Å². The molecule has 116 valence electrons. The zero-order chi connectivity index (χ0) is 16.3. The van der Waals surface area contributed by atoms with Gasteiger partial charge in [0.2, 0.25) is 0 Å². The van der Waals surface area contributed by atoms with Gasteiger partial charge in [-0.2, -0.15) is 5.26 Å². The minimum atomic E-state index is 0.402. The molecule has 1 heterocycles. The van der Waals surface area contributed by atoms with Crippen molar-refractivity contribution in [2.75, 3.05) is 13.1 Å². The highest BCUT2D eigenvalue weighted by molar-refractivity contribution is 6.34. The molecule has 1 aromatic heterocycles. The lowest BCUT2D eigenvalue weighted by Crippen LogP contribution is -2.22. The second-order valence-electron chi connectivity index (χ2n) is 5.42. The van der Waals surface area contributed by atoms with Gasteiger partial charge < -0.3 is 16.0 Å². The number of halogens is 1. The fourth-order valence-corrected chi connectivity index (χ4v) is 2.86. The largest absolute Gasteiger partial charge is 0.347 e. The molecule has 0 radical (unpaired) electrons. The van der Waals surface area contributed by atoms with Crippen LogP contribution in [0.25, 0.3) is 11.1 Å². The van der Waals surface area contributed by atoms with Crippen LogP contribution in [-0.2, 0) is 6.54 Å². The first kappa shape index (κ1) is 16.6. The Labute approximate surface area is 136 Å². The minimum Gasteiger partial charge on any atom is -0.347 e. The van der Waals surface area contributed by atoms with E-state index in [0.29, 0.717) is 30.4 Å². The van der Waals surface area contributed by atoms with Crippen LogP contribution in [0.4, 0.5) is 0 Å². The van der Waals surface area contributed by atoms with Crippen LogP contribution in [-0.4, -0.2) is 18.1 Å². The van der Waals surface area contributed by atoms with E-state index < -0.39 is 0 Å². The first-order valence-electron chi connectivity index (χ1n) is 7.29. The first-order valence-corrected chi connectivity index (χ1v) is 7.67. The van der Waals surface area contributed by atoms with Gasteiger partial charge in [0.25, 0.3) is 0 Å². The highest BCUT2D eigenvalue weighted by Gasteiger charge is 2.19. The monoisotopic (exact) mass is 316 g/mol. The molecule has 0 aliphatic rings. The number of aryl methyl sites for hydroxylation is 1. The Morgan fingerprint density at radius 1 is 1.27 bits per heavy atom. The SMILES string of the molecule is Cc1ccc(-c2c(CNCCN)[nH]c(C#N)c2Cl)c(C)c1C. The predicted octanol–water partition coefficient (Wildman–Crippen LogP) is 3.18. The van der Waals surface area contributed by atoms with Crippen LogP contribution in [0.5, 0.6) is 0 Å². The maximum absolute atomic E-state index is 9.24. The summed E-state index contributed by atoms with van der Waals surface area (Å²) in [6, 6.07) is 6.28. The highest BCUT2D eigenvalue weighted by Crippen LogP contribution is 2.37. The van der Waals surface area contributed by atoms with Crippen molar-refractivity contribution in [1.82, 2.24) is 10.3 Å². The molecule has 0 aliphatic heterocycles. The number of nitrogens with two attached hydrogens (primary N) is 1. The second-order valence-corrected chi connectivity index (χ2v) is 5.80. The quantitative estimate of drug-likeness (QED) is 0.741. The maximum Gasteiger partial charge on any atom is 0.137 e. The van der Waals surface area contributed by atoms with E-state index >= 15 is 0 Å². The zero-order valence-corrected chi connectivity index (χ0v) is 13.9. The zero-order valence-electron chi connectivity index (χ0n) is 13.2. The molecule has 0 saturated heterocycles. The summed E-state index contributed by atoms with van der Waals surface area (Å²) < 4.78 is 0. The van der Waals surface area contributed by atoms with E-state index in [1.807, 2.05) is 0 Å². The first-order chi connectivity index (χ1) is 10.5. The Hall–Kier alpha value is -1.80. The third-order valence-electron chi connectivity index (χ3n) is 4.08. The molecule has 5 heteroatoms. The average molecular weight is 317 g/mol. The van der Waals surface area contributed by atoms with Crippen LogP contribution < -0.4 is 11.1 Å². The van der Waals surface area contributed by atoms with Crippen LogP contribution in [0.1, 0.15) is 28.1 Å². The predicted molar refractivity (Wildman–Crippen MR) is 90.9 cm³/mol. The molecular formula is C17H21ClN4. The van der Waals surface area contributed by atoms with Gasteiger partial charge in [0.05, 0.1) is 5.02 Å². The van der Waals surface area contributed by atoms with Gasteiger partial charge in [-0.05, 0) is 43.0 Å². The highest BCUT2D eigenvalue weighted by atomic mass is 35.5. The van der Waals surface area contributed by atoms with E-state index in [2.05, 4.69) is 49.3 Å². The molecule has 1 aromatic carbocycles. The van der Waals surface area contributed by atoms with Crippen molar-refractivity contribution < 1.29 is 0 Å². The number of hydrogen-bond donors (Lipinski definition) is 3. The number of hydrogen-bond acceptors (Lipinski definition) is 3. The van der Waals surface area contributed by atoms with Crippen molar-refractivity contribution in [1.29, 1.82) is 5.26 Å². The summed E-state index contributed by atoms with van der Waals surface area (Å²) in [5, 5.41) is 13.0. The van der Waals surface area contributed by atoms with Crippen LogP contribution >= 0.6 is 11.6 Å². The standard InChI is InChI=1S/C17H21ClN4/c1-10-4-5-13(12(3)11(10)2)16-15(9-21-7-6-19)22-14(8-20)17(16)18/h4-5,21-22H,6-7,9,19H2,1-3H3. The number of nitrogens with one attached hydrogen (secondary N) is 2. The summed E-state index contributed by atoms with van der Waals surface area (Å²) in [5.74, 6) is 0. The van der Waals surface area contributed by atoms with Gasteiger partial charge in [-0.3, -0.25) is 0 Å². The number of rotatable bonds is 5. The molecule has 0 fully saturated rings. The molecular weight excluding hydrogens is 296 g/mol. The van der Waals surface area contributed by atoms with E-state index in [1.54, 1.807) is 0 Å². The Morgan fingerprint density at radius 2 is 2.00 bits per heavy atom.